The van der Waals surface area contributed by atoms with E-state index in [1.165, 1.54) is 36.4 Å². The number of phenols is 1. The second-order valence-corrected chi connectivity index (χ2v) is 8.59. The van der Waals surface area contributed by atoms with Gasteiger partial charge >= 0.3 is 0 Å². The van der Waals surface area contributed by atoms with Crippen LogP contribution < -0.4 is 10.5 Å². The molecule has 8 nitrogen and oxygen atoms in total. The molecular formula is C16H14N2O6S2. The topological polar surface area (TPSA) is 147 Å². The third-order valence-electron chi connectivity index (χ3n) is 3.72. The van der Waals surface area contributed by atoms with E-state index >= 15 is 0 Å². The van der Waals surface area contributed by atoms with Crippen LogP contribution in [0.25, 0.3) is 10.8 Å². The van der Waals surface area contributed by atoms with E-state index in [0.29, 0.717) is 10.8 Å². The van der Waals surface area contributed by atoms with E-state index in [1.54, 1.807) is 6.07 Å². The van der Waals surface area contributed by atoms with Gasteiger partial charge in [0.2, 0.25) is 0 Å². The monoisotopic (exact) mass is 394 g/mol. The van der Waals surface area contributed by atoms with Crippen molar-refractivity contribution < 1.29 is 26.5 Å². The van der Waals surface area contributed by atoms with Gasteiger partial charge in [0.25, 0.3) is 20.1 Å². The van der Waals surface area contributed by atoms with Gasteiger partial charge in [0.05, 0.1) is 15.5 Å². The summed E-state index contributed by atoms with van der Waals surface area (Å²) in [6, 6.07) is 11.7. The summed E-state index contributed by atoms with van der Waals surface area (Å²) in [4.78, 5) is -0.379. The highest BCUT2D eigenvalue weighted by atomic mass is 32.2. The number of fused-ring (bicyclic) bond motifs is 1. The van der Waals surface area contributed by atoms with E-state index in [1.807, 2.05) is 0 Å². The highest BCUT2D eigenvalue weighted by Crippen LogP contribution is 2.31. The van der Waals surface area contributed by atoms with E-state index < -0.39 is 20.1 Å². The van der Waals surface area contributed by atoms with Crippen LogP contribution in [-0.4, -0.2) is 26.5 Å². The smallest absolute Gasteiger partial charge is 0.294 e. The van der Waals surface area contributed by atoms with Gasteiger partial charge in [0, 0.05) is 11.1 Å². The molecule has 0 saturated carbocycles. The van der Waals surface area contributed by atoms with Gasteiger partial charge < -0.3 is 10.8 Å². The molecule has 0 aromatic heterocycles. The number of hydrogen-bond acceptors (Lipinski definition) is 6. The Kier molecular flexibility index (Phi) is 4.26. The summed E-state index contributed by atoms with van der Waals surface area (Å²) in [7, 11) is -8.30. The van der Waals surface area contributed by atoms with Crippen LogP contribution in [0.1, 0.15) is 0 Å². The number of hydrogen-bond donors (Lipinski definition) is 4. The Bertz CT molecular complexity index is 1200. The Balaban J connectivity index is 1.95. The maximum atomic E-state index is 12.5. The number of nitrogens with two attached hydrogens (primary N) is 1. The predicted octanol–water partition coefficient (Wildman–Crippen LogP) is 2.18. The quantitative estimate of drug-likeness (QED) is 0.301. The van der Waals surface area contributed by atoms with Crippen LogP contribution in [0.5, 0.6) is 5.75 Å². The van der Waals surface area contributed by atoms with E-state index in [-0.39, 0.29) is 26.9 Å². The Morgan fingerprint density at radius 3 is 2.08 bits per heavy atom. The fourth-order valence-corrected chi connectivity index (χ4v) is 3.97. The van der Waals surface area contributed by atoms with Gasteiger partial charge in [0.1, 0.15) is 5.75 Å². The van der Waals surface area contributed by atoms with Crippen LogP contribution in [0, 0.1) is 0 Å². The summed E-state index contributed by atoms with van der Waals surface area (Å²) < 4.78 is 58.3. The van der Waals surface area contributed by atoms with E-state index in [2.05, 4.69) is 4.72 Å². The second-order valence-electron chi connectivity index (χ2n) is 5.49. The lowest BCUT2D eigenvalue weighted by molar-refractivity contribution is 0.478. The molecule has 10 heteroatoms. The first-order valence-corrected chi connectivity index (χ1v) is 10.1. The van der Waals surface area contributed by atoms with Crippen molar-refractivity contribution in [3.8, 4) is 5.75 Å². The SMILES string of the molecule is Nc1c(O)ccc2cc(S(=O)(=O)Nc3ccc(S(=O)(=O)O)cc3)ccc12. The highest BCUT2D eigenvalue weighted by Gasteiger charge is 2.16. The molecule has 0 bridgehead atoms. The largest absolute Gasteiger partial charge is 0.506 e. The van der Waals surface area contributed by atoms with E-state index in [9.17, 15) is 21.9 Å². The second kappa shape index (κ2) is 6.16. The minimum atomic E-state index is -4.36. The lowest BCUT2D eigenvalue weighted by Gasteiger charge is -2.10. The predicted molar refractivity (Wildman–Crippen MR) is 97.1 cm³/mol. The minimum absolute atomic E-state index is 0.0334. The molecule has 3 rings (SSSR count). The first-order chi connectivity index (χ1) is 12.1. The van der Waals surface area contributed by atoms with E-state index in [4.69, 9.17) is 10.3 Å². The van der Waals surface area contributed by atoms with Gasteiger partial charge in [-0.05, 0) is 47.9 Å². The minimum Gasteiger partial charge on any atom is -0.506 e. The summed E-state index contributed by atoms with van der Waals surface area (Å²) >= 11 is 0. The molecule has 0 amide bonds. The molecule has 0 radical (unpaired) electrons. The van der Waals surface area contributed by atoms with Crippen LogP contribution >= 0.6 is 0 Å². The molecule has 3 aromatic rings. The van der Waals surface area contributed by atoms with Crippen molar-refractivity contribution in [1.82, 2.24) is 0 Å². The summed E-state index contributed by atoms with van der Waals surface area (Å²) in [5.74, 6) is -0.0924. The average molecular weight is 394 g/mol. The first-order valence-electron chi connectivity index (χ1n) is 7.19. The maximum absolute atomic E-state index is 12.5. The number of phenolic OH excluding ortho intramolecular Hbond substituents is 1. The molecule has 0 saturated heterocycles. The van der Waals surface area contributed by atoms with Crippen molar-refractivity contribution in [3.05, 3.63) is 54.6 Å². The van der Waals surface area contributed by atoms with E-state index in [0.717, 1.165) is 12.1 Å². The zero-order valence-corrected chi connectivity index (χ0v) is 14.8. The van der Waals surface area contributed by atoms with Crippen molar-refractivity contribution >= 4 is 42.3 Å². The van der Waals surface area contributed by atoms with Gasteiger partial charge in [0.15, 0.2) is 0 Å². The lowest BCUT2D eigenvalue weighted by atomic mass is 10.1. The van der Waals surface area contributed by atoms with Crippen molar-refractivity contribution in [2.45, 2.75) is 9.79 Å². The van der Waals surface area contributed by atoms with Gasteiger partial charge in [-0.1, -0.05) is 12.1 Å². The maximum Gasteiger partial charge on any atom is 0.294 e. The Hall–Kier alpha value is -2.82. The summed E-state index contributed by atoms with van der Waals surface area (Å²) in [6.45, 7) is 0. The standard InChI is InChI=1S/C16H14N2O6S2/c17-16-14-7-6-13(9-10(14)1-8-15(16)19)25(20,21)18-11-2-4-12(5-3-11)26(22,23)24/h1-9,18-19H,17H2,(H,22,23,24). The van der Waals surface area contributed by atoms with Crippen molar-refractivity contribution in [2.75, 3.05) is 10.5 Å². The molecule has 5 N–H and O–H groups in total. The molecule has 0 unspecified atom stereocenters. The highest BCUT2D eigenvalue weighted by molar-refractivity contribution is 7.92. The molecule has 0 fully saturated rings. The van der Waals surface area contributed by atoms with Crippen molar-refractivity contribution in [3.63, 3.8) is 0 Å². The number of anilines is 2. The zero-order valence-electron chi connectivity index (χ0n) is 13.1. The molecule has 3 aromatic carbocycles. The summed E-state index contributed by atoms with van der Waals surface area (Å²) in [5.41, 5.74) is 6.05. The summed E-state index contributed by atoms with van der Waals surface area (Å²) in [6.07, 6.45) is 0. The van der Waals surface area contributed by atoms with Crippen LogP contribution in [-0.2, 0) is 20.1 Å². The number of rotatable bonds is 4. The zero-order chi connectivity index (χ0) is 19.1. The number of benzene rings is 3. The summed E-state index contributed by atoms with van der Waals surface area (Å²) in [5, 5.41) is 10.7. The molecule has 26 heavy (non-hydrogen) atoms. The van der Waals surface area contributed by atoms with Gasteiger partial charge in [-0.15, -0.1) is 0 Å². The Morgan fingerprint density at radius 1 is 0.846 bits per heavy atom. The third-order valence-corrected chi connectivity index (χ3v) is 5.97. The normalized spacial score (nSPS) is 12.2. The molecule has 0 aliphatic rings. The lowest BCUT2D eigenvalue weighted by Crippen LogP contribution is -2.13. The molecule has 136 valence electrons. The molecular weight excluding hydrogens is 380 g/mol. The third kappa shape index (κ3) is 3.43. The fraction of sp³-hybridized carbons (Fsp3) is 0. The van der Waals surface area contributed by atoms with Crippen LogP contribution in [0.15, 0.2) is 64.4 Å². The van der Waals surface area contributed by atoms with Crippen LogP contribution in [0.2, 0.25) is 0 Å². The number of sulfonamides is 1. The fourth-order valence-electron chi connectivity index (χ4n) is 2.40. The van der Waals surface area contributed by atoms with Crippen molar-refractivity contribution in [2.24, 2.45) is 0 Å². The molecule has 0 spiro atoms. The molecule has 0 heterocycles. The Labute approximate surface area is 149 Å². The Morgan fingerprint density at radius 2 is 1.46 bits per heavy atom. The number of nitrogen functional groups attached to an aromatic ring is 1. The van der Waals surface area contributed by atoms with Crippen LogP contribution in [0.4, 0.5) is 11.4 Å². The average Bonchev–Trinajstić information content (AvgIpc) is 2.57. The van der Waals surface area contributed by atoms with Gasteiger partial charge in [-0.2, -0.15) is 8.42 Å². The molecule has 0 aliphatic carbocycles. The molecule has 0 atom stereocenters. The number of nitrogens with one attached hydrogen (secondary N) is 1. The first kappa shape index (κ1) is 18.0. The van der Waals surface area contributed by atoms with Crippen LogP contribution in [0.3, 0.4) is 0 Å². The van der Waals surface area contributed by atoms with Crippen molar-refractivity contribution in [1.29, 1.82) is 0 Å². The number of aromatic hydroxyl groups is 1. The van der Waals surface area contributed by atoms with Gasteiger partial charge in [-0.3, -0.25) is 9.27 Å². The molecule has 0 aliphatic heterocycles. The van der Waals surface area contributed by atoms with Gasteiger partial charge in [-0.25, -0.2) is 8.42 Å².